The number of hydrogen-bond donors (Lipinski definition) is 1. The van der Waals surface area contributed by atoms with Crippen molar-refractivity contribution in [2.45, 2.75) is 59.3 Å². The molecule has 0 aliphatic heterocycles. The molecule has 1 saturated carbocycles. The molecule has 0 aromatic carbocycles. The normalized spacial score (nSPS) is 14.9. The summed E-state index contributed by atoms with van der Waals surface area (Å²) in [7, 11) is 0. The molecule has 1 aliphatic carbocycles. The van der Waals surface area contributed by atoms with Crippen LogP contribution >= 0.6 is 0 Å². The Hall–Kier alpha value is -1.62. The van der Waals surface area contributed by atoms with Gasteiger partial charge in [-0.15, -0.1) is 0 Å². The number of imidazole rings is 1. The number of aryl methyl sites for hydroxylation is 3. The predicted molar refractivity (Wildman–Crippen MR) is 78.6 cm³/mol. The van der Waals surface area contributed by atoms with E-state index in [1.165, 1.54) is 24.2 Å². The van der Waals surface area contributed by atoms with E-state index in [0.717, 1.165) is 37.2 Å². The second-order valence-electron chi connectivity index (χ2n) is 5.63. The van der Waals surface area contributed by atoms with Gasteiger partial charge in [-0.05, 0) is 39.7 Å². The first-order chi connectivity index (χ1) is 9.67. The first kappa shape index (κ1) is 13.4. The highest BCUT2D eigenvalue weighted by atomic mass is 15.3. The topological polar surface area (TPSA) is 47.7 Å². The van der Waals surface area contributed by atoms with Gasteiger partial charge in [-0.3, -0.25) is 4.68 Å². The van der Waals surface area contributed by atoms with Crippen LogP contribution in [0.4, 0.5) is 0 Å². The number of rotatable bonds is 6. The van der Waals surface area contributed by atoms with Gasteiger partial charge < -0.3 is 9.88 Å². The molecule has 0 saturated heterocycles. The minimum Gasteiger partial charge on any atom is -0.325 e. The summed E-state index contributed by atoms with van der Waals surface area (Å²) in [5, 5.41) is 8.08. The van der Waals surface area contributed by atoms with E-state index in [1.807, 2.05) is 13.1 Å². The largest absolute Gasteiger partial charge is 0.325 e. The monoisotopic (exact) mass is 273 g/mol. The molecular weight excluding hydrogens is 250 g/mol. The Morgan fingerprint density at radius 1 is 1.30 bits per heavy atom. The second-order valence-corrected chi connectivity index (χ2v) is 5.63. The van der Waals surface area contributed by atoms with Crippen molar-refractivity contribution < 1.29 is 0 Å². The van der Waals surface area contributed by atoms with Crippen LogP contribution in [0.1, 0.15) is 42.7 Å². The molecule has 20 heavy (non-hydrogen) atoms. The van der Waals surface area contributed by atoms with Crippen LogP contribution in [0.15, 0.2) is 12.3 Å². The zero-order valence-corrected chi connectivity index (χ0v) is 12.6. The van der Waals surface area contributed by atoms with Crippen molar-refractivity contribution in [2.24, 2.45) is 0 Å². The average Bonchev–Trinajstić information content (AvgIpc) is 3.11. The van der Waals surface area contributed by atoms with Crippen molar-refractivity contribution in [1.82, 2.24) is 24.6 Å². The van der Waals surface area contributed by atoms with Crippen LogP contribution in [0, 0.1) is 13.8 Å². The summed E-state index contributed by atoms with van der Waals surface area (Å²) in [6.45, 7) is 8.91. The maximum atomic E-state index is 4.52. The fraction of sp³-hybridized carbons (Fsp3) is 0.600. The van der Waals surface area contributed by atoms with Crippen molar-refractivity contribution in [2.75, 3.05) is 0 Å². The van der Waals surface area contributed by atoms with Crippen LogP contribution < -0.4 is 5.32 Å². The standard InChI is InChI=1S/C15H23N5/c1-4-20-14(7-11(2)18-20)10-19-12(3)16-8-15(19)9-17-13-5-6-13/h7-8,13,17H,4-6,9-10H2,1-3H3. The third-order valence-corrected chi connectivity index (χ3v) is 3.89. The molecule has 0 atom stereocenters. The third kappa shape index (κ3) is 2.77. The van der Waals surface area contributed by atoms with Crippen LogP contribution in [0.2, 0.25) is 0 Å². The minimum atomic E-state index is 0.724. The highest BCUT2D eigenvalue weighted by Gasteiger charge is 2.21. The molecule has 5 nitrogen and oxygen atoms in total. The molecule has 2 aromatic rings. The molecule has 1 N–H and O–H groups in total. The van der Waals surface area contributed by atoms with E-state index >= 15 is 0 Å². The molecule has 0 unspecified atom stereocenters. The molecule has 0 spiro atoms. The average molecular weight is 273 g/mol. The molecular formula is C15H23N5. The Labute approximate surface area is 120 Å². The van der Waals surface area contributed by atoms with Crippen molar-refractivity contribution in [1.29, 1.82) is 0 Å². The van der Waals surface area contributed by atoms with Crippen molar-refractivity contribution >= 4 is 0 Å². The summed E-state index contributed by atoms with van der Waals surface area (Å²) in [6.07, 6.45) is 4.62. The maximum absolute atomic E-state index is 4.52. The molecule has 1 fully saturated rings. The quantitative estimate of drug-likeness (QED) is 0.876. The Balaban J connectivity index is 1.79. The number of hydrogen-bond acceptors (Lipinski definition) is 3. The smallest absolute Gasteiger partial charge is 0.106 e. The third-order valence-electron chi connectivity index (χ3n) is 3.89. The van der Waals surface area contributed by atoms with Gasteiger partial charge in [-0.1, -0.05) is 0 Å². The van der Waals surface area contributed by atoms with E-state index in [1.54, 1.807) is 0 Å². The molecule has 2 heterocycles. The zero-order chi connectivity index (χ0) is 14.1. The first-order valence-corrected chi connectivity index (χ1v) is 7.45. The fourth-order valence-electron chi connectivity index (χ4n) is 2.57. The molecule has 0 bridgehead atoms. The molecule has 3 rings (SSSR count). The molecule has 1 aliphatic rings. The van der Waals surface area contributed by atoms with E-state index < -0.39 is 0 Å². The Kier molecular flexibility index (Phi) is 3.61. The van der Waals surface area contributed by atoms with Crippen LogP contribution in [-0.2, 0) is 19.6 Å². The Morgan fingerprint density at radius 3 is 2.80 bits per heavy atom. The van der Waals surface area contributed by atoms with Crippen LogP contribution in [0.25, 0.3) is 0 Å². The van der Waals surface area contributed by atoms with E-state index in [2.05, 4.69) is 44.6 Å². The van der Waals surface area contributed by atoms with E-state index in [0.29, 0.717) is 0 Å². The molecule has 2 aromatic heterocycles. The SMILES string of the molecule is CCn1nc(C)cc1Cn1c(CNC2CC2)cnc1C. The van der Waals surface area contributed by atoms with Gasteiger partial charge in [-0.2, -0.15) is 5.10 Å². The second kappa shape index (κ2) is 5.40. The van der Waals surface area contributed by atoms with Crippen LogP contribution in [0.3, 0.4) is 0 Å². The molecule has 5 heteroatoms. The van der Waals surface area contributed by atoms with Gasteiger partial charge in [0.05, 0.1) is 23.6 Å². The minimum absolute atomic E-state index is 0.724. The van der Waals surface area contributed by atoms with Gasteiger partial charge in [0.15, 0.2) is 0 Å². The van der Waals surface area contributed by atoms with E-state index in [4.69, 9.17) is 0 Å². The lowest BCUT2D eigenvalue weighted by molar-refractivity contribution is 0.572. The van der Waals surface area contributed by atoms with Gasteiger partial charge in [0, 0.05) is 25.3 Å². The van der Waals surface area contributed by atoms with Crippen LogP contribution in [-0.4, -0.2) is 25.4 Å². The van der Waals surface area contributed by atoms with Crippen LogP contribution in [0.5, 0.6) is 0 Å². The predicted octanol–water partition coefficient (Wildman–Crippen LogP) is 2.02. The molecule has 0 amide bonds. The summed E-state index contributed by atoms with van der Waals surface area (Å²) in [5.41, 5.74) is 3.59. The number of aromatic nitrogens is 4. The van der Waals surface area contributed by atoms with Gasteiger partial charge in [-0.25, -0.2) is 4.98 Å². The number of nitrogens with zero attached hydrogens (tertiary/aromatic N) is 4. The van der Waals surface area contributed by atoms with Crippen molar-refractivity contribution in [3.63, 3.8) is 0 Å². The van der Waals surface area contributed by atoms with Gasteiger partial charge in [0.1, 0.15) is 5.82 Å². The van der Waals surface area contributed by atoms with Gasteiger partial charge in [0.2, 0.25) is 0 Å². The summed E-state index contributed by atoms with van der Waals surface area (Å²) in [5.74, 6) is 1.07. The lowest BCUT2D eigenvalue weighted by Crippen LogP contribution is -2.19. The fourth-order valence-corrected chi connectivity index (χ4v) is 2.57. The molecule has 0 radical (unpaired) electrons. The lowest BCUT2D eigenvalue weighted by atomic mass is 10.3. The first-order valence-electron chi connectivity index (χ1n) is 7.45. The Morgan fingerprint density at radius 2 is 2.10 bits per heavy atom. The molecule has 108 valence electrons. The van der Waals surface area contributed by atoms with E-state index in [-0.39, 0.29) is 0 Å². The summed E-state index contributed by atoms with van der Waals surface area (Å²) >= 11 is 0. The highest BCUT2D eigenvalue weighted by Crippen LogP contribution is 2.19. The summed E-state index contributed by atoms with van der Waals surface area (Å²) in [4.78, 5) is 4.47. The number of nitrogens with one attached hydrogen (secondary N) is 1. The lowest BCUT2D eigenvalue weighted by Gasteiger charge is -2.12. The summed E-state index contributed by atoms with van der Waals surface area (Å²) < 4.78 is 4.37. The summed E-state index contributed by atoms with van der Waals surface area (Å²) in [6, 6.07) is 2.89. The van der Waals surface area contributed by atoms with Gasteiger partial charge >= 0.3 is 0 Å². The van der Waals surface area contributed by atoms with Gasteiger partial charge in [0.25, 0.3) is 0 Å². The van der Waals surface area contributed by atoms with E-state index in [9.17, 15) is 0 Å². The Bertz CT molecular complexity index is 591. The van der Waals surface area contributed by atoms with Crippen molar-refractivity contribution in [3.8, 4) is 0 Å². The highest BCUT2D eigenvalue weighted by molar-refractivity contribution is 5.13. The zero-order valence-electron chi connectivity index (χ0n) is 12.6. The maximum Gasteiger partial charge on any atom is 0.106 e. The van der Waals surface area contributed by atoms with Crippen molar-refractivity contribution in [3.05, 3.63) is 35.2 Å².